The van der Waals surface area contributed by atoms with E-state index in [1.807, 2.05) is 6.07 Å². The fraction of sp³-hybridized carbons (Fsp3) is 0.538. The molecule has 1 unspecified atom stereocenters. The van der Waals surface area contributed by atoms with Crippen LogP contribution in [0.3, 0.4) is 0 Å². The molecular formula is C13H19NO. The molecule has 0 amide bonds. The number of aliphatic hydroxyl groups is 1. The number of benzene rings is 1. The third-order valence-electron chi connectivity index (χ3n) is 3.39. The molecule has 1 atom stereocenters. The summed E-state index contributed by atoms with van der Waals surface area (Å²) < 4.78 is 0. The SMILES string of the molecule is Cc1ccc(C(O)CN)c2c1CCCC2. The number of hydrogen-bond acceptors (Lipinski definition) is 2. The van der Waals surface area contributed by atoms with Gasteiger partial charge in [-0.1, -0.05) is 12.1 Å². The normalized spacial score (nSPS) is 17.3. The predicted molar refractivity (Wildman–Crippen MR) is 61.8 cm³/mol. The molecular weight excluding hydrogens is 186 g/mol. The minimum absolute atomic E-state index is 0.315. The van der Waals surface area contributed by atoms with Crippen molar-refractivity contribution >= 4 is 0 Å². The summed E-state index contributed by atoms with van der Waals surface area (Å²) in [6, 6.07) is 4.15. The third-order valence-corrected chi connectivity index (χ3v) is 3.39. The van der Waals surface area contributed by atoms with Crippen LogP contribution in [0.25, 0.3) is 0 Å². The number of aliphatic hydroxyl groups excluding tert-OH is 1. The van der Waals surface area contributed by atoms with Gasteiger partial charge in [-0.05, 0) is 54.9 Å². The smallest absolute Gasteiger partial charge is 0.0914 e. The Morgan fingerprint density at radius 1 is 1.27 bits per heavy atom. The van der Waals surface area contributed by atoms with E-state index in [9.17, 15) is 5.11 Å². The lowest BCUT2D eigenvalue weighted by Crippen LogP contribution is -2.16. The first-order valence-corrected chi connectivity index (χ1v) is 5.73. The summed E-state index contributed by atoms with van der Waals surface area (Å²) in [7, 11) is 0. The second-order valence-corrected chi connectivity index (χ2v) is 4.39. The lowest BCUT2D eigenvalue weighted by atomic mass is 9.84. The standard InChI is InChI=1S/C13H19NO/c1-9-6-7-12(13(15)8-14)11-5-3-2-4-10(9)11/h6-7,13,15H,2-5,8,14H2,1H3. The average molecular weight is 205 g/mol. The summed E-state index contributed by atoms with van der Waals surface area (Å²) >= 11 is 0. The van der Waals surface area contributed by atoms with Crippen molar-refractivity contribution in [3.05, 3.63) is 34.4 Å². The van der Waals surface area contributed by atoms with Crippen molar-refractivity contribution in [1.82, 2.24) is 0 Å². The number of fused-ring (bicyclic) bond motifs is 1. The van der Waals surface area contributed by atoms with Crippen LogP contribution in [-0.2, 0) is 12.8 Å². The van der Waals surface area contributed by atoms with Crippen LogP contribution in [0.1, 0.15) is 41.2 Å². The Balaban J connectivity index is 2.48. The van der Waals surface area contributed by atoms with Gasteiger partial charge in [-0.25, -0.2) is 0 Å². The monoisotopic (exact) mass is 205 g/mol. The van der Waals surface area contributed by atoms with E-state index in [1.54, 1.807) is 0 Å². The molecule has 0 saturated heterocycles. The molecule has 3 N–H and O–H groups in total. The Kier molecular flexibility index (Phi) is 3.08. The minimum Gasteiger partial charge on any atom is -0.387 e. The first-order valence-electron chi connectivity index (χ1n) is 5.73. The molecule has 1 aromatic rings. The molecule has 2 heteroatoms. The molecule has 0 spiro atoms. The highest BCUT2D eigenvalue weighted by Gasteiger charge is 2.18. The maximum atomic E-state index is 9.85. The molecule has 0 heterocycles. The molecule has 0 fully saturated rings. The zero-order valence-electron chi connectivity index (χ0n) is 9.29. The van der Waals surface area contributed by atoms with Crippen molar-refractivity contribution in [3.8, 4) is 0 Å². The highest BCUT2D eigenvalue weighted by Crippen LogP contribution is 2.30. The van der Waals surface area contributed by atoms with Gasteiger partial charge in [-0.3, -0.25) is 0 Å². The van der Waals surface area contributed by atoms with E-state index in [0.29, 0.717) is 6.54 Å². The van der Waals surface area contributed by atoms with Crippen LogP contribution >= 0.6 is 0 Å². The second kappa shape index (κ2) is 4.33. The van der Waals surface area contributed by atoms with E-state index < -0.39 is 6.10 Å². The maximum Gasteiger partial charge on any atom is 0.0914 e. The molecule has 1 aliphatic rings. The largest absolute Gasteiger partial charge is 0.387 e. The summed E-state index contributed by atoms with van der Waals surface area (Å²) in [4.78, 5) is 0. The molecule has 0 bridgehead atoms. The van der Waals surface area contributed by atoms with E-state index in [1.165, 1.54) is 29.5 Å². The highest BCUT2D eigenvalue weighted by molar-refractivity contribution is 5.43. The molecule has 2 nitrogen and oxygen atoms in total. The van der Waals surface area contributed by atoms with Crippen LogP contribution in [0.5, 0.6) is 0 Å². The van der Waals surface area contributed by atoms with E-state index in [0.717, 1.165) is 18.4 Å². The Labute approximate surface area is 91.1 Å². The quantitative estimate of drug-likeness (QED) is 0.774. The predicted octanol–water partition coefficient (Wildman–Crippen LogP) is 1.87. The second-order valence-electron chi connectivity index (χ2n) is 4.39. The van der Waals surface area contributed by atoms with Gasteiger partial charge in [0.15, 0.2) is 0 Å². The fourth-order valence-corrected chi connectivity index (χ4v) is 2.51. The van der Waals surface area contributed by atoms with Crippen molar-refractivity contribution in [2.75, 3.05) is 6.54 Å². The molecule has 0 aromatic heterocycles. The summed E-state index contributed by atoms with van der Waals surface area (Å²) in [6.07, 6.45) is 4.28. The van der Waals surface area contributed by atoms with Gasteiger partial charge in [0, 0.05) is 6.54 Å². The van der Waals surface area contributed by atoms with Crippen LogP contribution < -0.4 is 5.73 Å². The summed E-state index contributed by atoms with van der Waals surface area (Å²) in [6.45, 7) is 2.47. The van der Waals surface area contributed by atoms with Crippen molar-refractivity contribution in [2.45, 2.75) is 38.7 Å². The Morgan fingerprint density at radius 2 is 1.93 bits per heavy atom. The molecule has 1 aliphatic carbocycles. The van der Waals surface area contributed by atoms with Gasteiger partial charge in [0.1, 0.15) is 0 Å². The van der Waals surface area contributed by atoms with Crippen molar-refractivity contribution in [1.29, 1.82) is 0 Å². The summed E-state index contributed by atoms with van der Waals surface area (Å²) in [5, 5.41) is 9.85. The average Bonchev–Trinajstić information content (AvgIpc) is 2.29. The van der Waals surface area contributed by atoms with Gasteiger partial charge in [0.05, 0.1) is 6.10 Å². The van der Waals surface area contributed by atoms with Crippen LogP contribution in [-0.4, -0.2) is 11.7 Å². The molecule has 0 radical (unpaired) electrons. The molecule has 2 rings (SSSR count). The molecule has 1 aromatic carbocycles. The van der Waals surface area contributed by atoms with Crippen LogP contribution in [0.4, 0.5) is 0 Å². The Bertz CT molecular complexity index is 360. The van der Waals surface area contributed by atoms with Crippen LogP contribution in [0.15, 0.2) is 12.1 Å². The van der Waals surface area contributed by atoms with E-state index in [4.69, 9.17) is 5.73 Å². The van der Waals surface area contributed by atoms with Crippen molar-refractivity contribution < 1.29 is 5.11 Å². The highest BCUT2D eigenvalue weighted by atomic mass is 16.3. The van der Waals surface area contributed by atoms with E-state index in [-0.39, 0.29) is 0 Å². The fourth-order valence-electron chi connectivity index (χ4n) is 2.51. The zero-order valence-corrected chi connectivity index (χ0v) is 9.29. The lowest BCUT2D eigenvalue weighted by molar-refractivity contribution is 0.185. The zero-order chi connectivity index (χ0) is 10.8. The first kappa shape index (κ1) is 10.7. The van der Waals surface area contributed by atoms with Crippen LogP contribution in [0.2, 0.25) is 0 Å². The summed E-state index contributed by atoms with van der Waals surface area (Å²) in [5.74, 6) is 0. The molecule has 0 aliphatic heterocycles. The van der Waals surface area contributed by atoms with Crippen molar-refractivity contribution in [2.24, 2.45) is 5.73 Å². The summed E-state index contributed by atoms with van der Waals surface area (Å²) in [5.41, 5.74) is 10.7. The first-order chi connectivity index (χ1) is 7.24. The number of rotatable bonds is 2. The van der Waals surface area contributed by atoms with Gasteiger partial charge in [-0.2, -0.15) is 0 Å². The van der Waals surface area contributed by atoms with E-state index >= 15 is 0 Å². The number of nitrogens with two attached hydrogens (primary N) is 1. The topological polar surface area (TPSA) is 46.2 Å². The number of hydrogen-bond donors (Lipinski definition) is 2. The van der Waals surface area contributed by atoms with Crippen LogP contribution in [0, 0.1) is 6.92 Å². The van der Waals surface area contributed by atoms with E-state index in [2.05, 4.69) is 13.0 Å². The Hall–Kier alpha value is -0.860. The third kappa shape index (κ3) is 1.92. The molecule has 15 heavy (non-hydrogen) atoms. The van der Waals surface area contributed by atoms with Gasteiger partial charge >= 0.3 is 0 Å². The number of aryl methyl sites for hydroxylation is 1. The van der Waals surface area contributed by atoms with Gasteiger partial charge in [-0.15, -0.1) is 0 Å². The molecule has 0 saturated carbocycles. The maximum absolute atomic E-state index is 9.85. The van der Waals surface area contributed by atoms with Gasteiger partial charge < -0.3 is 10.8 Å². The van der Waals surface area contributed by atoms with Gasteiger partial charge in [0.2, 0.25) is 0 Å². The Morgan fingerprint density at radius 3 is 2.60 bits per heavy atom. The van der Waals surface area contributed by atoms with Gasteiger partial charge in [0.25, 0.3) is 0 Å². The van der Waals surface area contributed by atoms with Crippen molar-refractivity contribution in [3.63, 3.8) is 0 Å². The lowest BCUT2D eigenvalue weighted by Gasteiger charge is -2.23. The minimum atomic E-state index is -0.488. The molecule has 82 valence electrons.